The van der Waals surface area contributed by atoms with Crippen LogP contribution in [0.3, 0.4) is 0 Å². The molecule has 0 saturated heterocycles. The van der Waals surface area contributed by atoms with Crippen LogP contribution >= 0.6 is 11.6 Å². The van der Waals surface area contributed by atoms with Crippen LogP contribution in [0.25, 0.3) is 0 Å². The quantitative estimate of drug-likeness (QED) is 0.617. The van der Waals surface area contributed by atoms with Gasteiger partial charge in [-0.05, 0) is 42.5 Å². The van der Waals surface area contributed by atoms with E-state index in [0.29, 0.717) is 10.7 Å². The van der Waals surface area contributed by atoms with E-state index in [4.69, 9.17) is 16.3 Å². The molecule has 150 valence electrons. The number of aromatic nitrogens is 1. The van der Waals surface area contributed by atoms with Crippen LogP contribution in [0.15, 0.2) is 78.0 Å². The van der Waals surface area contributed by atoms with Crippen LogP contribution in [-0.2, 0) is 14.8 Å². The van der Waals surface area contributed by atoms with E-state index in [1.807, 2.05) is 0 Å². The van der Waals surface area contributed by atoms with Crippen molar-refractivity contribution in [3.05, 3.63) is 78.1 Å². The van der Waals surface area contributed by atoms with E-state index >= 15 is 0 Å². The van der Waals surface area contributed by atoms with Gasteiger partial charge in [-0.15, -0.1) is 0 Å². The first kappa shape index (κ1) is 20.6. The number of nitrogens with zero attached hydrogens (tertiary/aromatic N) is 2. The lowest BCUT2D eigenvalue weighted by Crippen LogP contribution is -2.38. The van der Waals surface area contributed by atoms with Crippen molar-refractivity contribution in [1.82, 2.24) is 4.98 Å². The van der Waals surface area contributed by atoms with Crippen LogP contribution < -0.4 is 14.4 Å². The van der Waals surface area contributed by atoms with Crippen molar-refractivity contribution < 1.29 is 17.9 Å². The van der Waals surface area contributed by atoms with E-state index in [0.717, 1.165) is 4.31 Å². The zero-order chi connectivity index (χ0) is 20.9. The lowest BCUT2D eigenvalue weighted by Gasteiger charge is -2.25. The third-order valence-electron chi connectivity index (χ3n) is 3.97. The molecule has 0 spiro atoms. The SMILES string of the molecule is COc1ccc(Cl)cc1N(CC(=O)Nc1cccnc1)S(=O)(=O)c1ccccc1. The Balaban J connectivity index is 2.03. The van der Waals surface area contributed by atoms with Crippen LogP contribution in [0.5, 0.6) is 5.75 Å². The molecule has 2 aromatic carbocycles. The van der Waals surface area contributed by atoms with Gasteiger partial charge in [-0.2, -0.15) is 0 Å². The van der Waals surface area contributed by atoms with Crippen LogP contribution in [-0.4, -0.2) is 33.0 Å². The molecule has 0 radical (unpaired) electrons. The Morgan fingerprint density at radius 1 is 1.14 bits per heavy atom. The first-order valence-electron chi connectivity index (χ1n) is 8.53. The monoisotopic (exact) mass is 431 g/mol. The van der Waals surface area contributed by atoms with Gasteiger partial charge in [0.05, 0.1) is 29.6 Å². The normalized spacial score (nSPS) is 11.0. The highest BCUT2D eigenvalue weighted by Crippen LogP contribution is 2.34. The molecule has 0 bridgehead atoms. The van der Waals surface area contributed by atoms with Gasteiger partial charge in [-0.3, -0.25) is 14.1 Å². The number of anilines is 2. The second kappa shape index (κ2) is 8.93. The molecule has 0 saturated carbocycles. The van der Waals surface area contributed by atoms with Crippen LogP contribution in [0.2, 0.25) is 5.02 Å². The maximum absolute atomic E-state index is 13.3. The van der Waals surface area contributed by atoms with Gasteiger partial charge in [0, 0.05) is 11.2 Å². The molecular weight excluding hydrogens is 414 g/mol. The van der Waals surface area contributed by atoms with Gasteiger partial charge < -0.3 is 10.1 Å². The molecule has 0 unspecified atom stereocenters. The number of benzene rings is 2. The largest absolute Gasteiger partial charge is 0.495 e. The zero-order valence-corrected chi connectivity index (χ0v) is 17.0. The maximum atomic E-state index is 13.3. The highest BCUT2D eigenvalue weighted by molar-refractivity contribution is 7.92. The lowest BCUT2D eigenvalue weighted by molar-refractivity contribution is -0.114. The number of sulfonamides is 1. The first-order valence-corrected chi connectivity index (χ1v) is 10.3. The zero-order valence-electron chi connectivity index (χ0n) is 15.4. The number of rotatable bonds is 7. The third-order valence-corrected chi connectivity index (χ3v) is 5.98. The molecule has 3 rings (SSSR count). The molecule has 0 aliphatic heterocycles. The Hall–Kier alpha value is -3.10. The van der Waals surface area contributed by atoms with E-state index in [9.17, 15) is 13.2 Å². The summed E-state index contributed by atoms with van der Waals surface area (Å²) in [7, 11) is -2.66. The highest BCUT2D eigenvalue weighted by Gasteiger charge is 2.29. The predicted octanol–water partition coefficient (Wildman–Crippen LogP) is 3.58. The molecule has 0 atom stereocenters. The molecule has 0 aliphatic rings. The fraction of sp³-hybridized carbons (Fsp3) is 0.100. The minimum Gasteiger partial charge on any atom is -0.495 e. The van der Waals surface area contributed by atoms with Gasteiger partial charge in [0.15, 0.2) is 0 Å². The second-order valence-electron chi connectivity index (χ2n) is 5.93. The van der Waals surface area contributed by atoms with Gasteiger partial charge in [0.1, 0.15) is 12.3 Å². The van der Waals surface area contributed by atoms with Crippen molar-refractivity contribution >= 4 is 38.9 Å². The average molecular weight is 432 g/mol. The standard InChI is InChI=1S/C20H18ClN3O4S/c1-28-19-10-9-15(21)12-18(19)24(29(26,27)17-7-3-2-4-8-17)14-20(25)23-16-6-5-11-22-13-16/h2-13H,14H2,1H3,(H,23,25). The number of carbonyl (C=O) groups excluding carboxylic acids is 1. The molecule has 1 amide bonds. The molecule has 1 aromatic heterocycles. The molecule has 1 heterocycles. The first-order chi connectivity index (χ1) is 13.9. The Morgan fingerprint density at radius 2 is 1.90 bits per heavy atom. The summed E-state index contributed by atoms with van der Waals surface area (Å²) >= 11 is 6.09. The third kappa shape index (κ3) is 4.85. The van der Waals surface area contributed by atoms with Crippen LogP contribution in [0.4, 0.5) is 11.4 Å². The number of carbonyl (C=O) groups is 1. The Labute approximate surface area is 174 Å². The fourth-order valence-electron chi connectivity index (χ4n) is 2.65. The van der Waals surface area contributed by atoms with Gasteiger partial charge >= 0.3 is 0 Å². The summed E-state index contributed by atoms with van der Waals surface area (Å²) in [6, 6.07) is 15.7. The average Bonchev–Trinajstić information content (AvgIpc) is 2.73. The number of hydrogen-bond acceptors (Lipinski definition) is 5. The van der Waals surface area contributed by atoms with Crippen molar-refractivity contribution in [2.75, 3.05) is 23.3 Å². The van der Waals surface area contributed by atoms with Crippen LogP contribution in [0.1, 0.15) is 0 Å². The van der Waals surface area contributed by atoms with Crippen molar-refractivity contribution in [3.8, 4) is 5.75 Å². The Kier molecular flexibility index (Phi) is 6.36. The predicted molar refractivity (Wildman–Crippen MR) is 112 cm³/mol. The smallest absolute Gasteiger partial charge is 0.264 e. The minimum atomic E-state index is -4.07. The van der Waals surface area contributed by atoms with E-state index < -0.39 is 22.5 Å². The molecular formula is C20H18ClN3O4S. The molecule has 29 heavy (non-hydrogen) atoms. The number of pyridine rings is 1. The molecule has 3 aromatic rings. The number of ether oxygens (including phenoxy) is 1. The number of amides is 1. The topological polar surface area (TPSA) is 88.6 Å². The summed E-state index contributed by atoms with van der Waals surface area (Å²) < 4.78 is 32.9. The maximum Gasteiger partial charge on any atom is 0.264 e. The molecule has 1 N–H and O–H groups in total. The summed E-state index contributed by atoms with van der Waals surface area (Å²) in [5.41, 5.74) is 0.609. The van der Waals surface area contributed by atoms with Crippen molar-refractivity contribution in [2.24, 2.45) is 0 Å². The van der Waals surface area contributed by atoms with E-state index in [-0.39, 0.29) is 16.3 Å². The van der Waals surface area contributed by atoms with Crippen molar-refractivity contribution in [3.63, 3.8) is 0 Å². The summed E-state index contributed by atoms with van der Waals surface area (Å²) in [5.74, 6) is -0.275. The Morgan fingerprint density at radius 3 is 2.55 bits per heavy atom. The number of halogens is 1. The van der Waals surface area contributed by atoms with Crippen molar-refractivity contribution in [1.29, 1.82) is 0 Å². The summed E-state index contributed by atoms with van der Waals surface area (Å²) in [4.78, 5) is 16.6. The van der Waals surface area contributed by atoms with E-state index in [1.54, 1.807) is 48.7 Å². The molecule has 0 fully saturated rings. The number of methoxy groups -OCH3 is 1. The van der Waals surface area contributed by atoms with Gasteiger partial charge in [-0.1, -0.05) is 29.8 Å². The molecule has 7 nitrogen and oxygen atoms in total. The van der Waals surface area contributed by atoms with Gasteiger partial charge in [0.2, 0.25) is 5.91 Å². The summed E-state index contributed by atoms with van der Waals surface area (Å²) in [6.07, 6.45) is 3.03. The molecule has 0 aliphatic carbocycles. The van der Waals surface area contributed by atoms with Crippen LogP contribution in [0, 0.1) is 0 Å². The summed E-state index contributed by atoms with van der Waals surface area (Å²) in [5, 5.41) is 2.94. The highest BCUT2D eigenvalue weighted by atomic mass is 35.5. The summed E-state index contributed by atoms with van der Waals surface area (Å²) in [6.45, 7) is -0.483. The number of nitrogens with one attached hydrogen (secondary N) is 1. The minimum absolute atomic E-state index is 0.0382. The molecule has 9 heteroatoms. The van der Waals surface area contributed by atoms with Crippen molar-refractivity contribution in [2.45, 2.75) is 4.90 Å². The van der Waals surface area contributed by atoms with Gasteiger partial charge in [0.25, 0.3) is 10.0 Å². The van der Waals surface area contributed by atoms with Gasteiger partial charge in [-0.25, -0.2) is 8.42 Å². The Bertz CT molecular complexity index is 1090. The number of hydrogen-bond donors (Lipinski definition) is 1. The fourth-order valence-corrected chi connectivity index (χ4v) is 4.26. The second-order valence-corrected chi connectivity index (χ2v) is 8.23. The van der Waals surface area contributed by atoms with E-state index in [2.05, 4.69) is 10.3 Å². The van der Waals surface area contributed by atoms with E-state index in [1.165, 1.54) is 31.5 Å². The lowest BCUT2D eigenvalue weighted by atomic mass is 10.3.